The Hall–Kier alpha value is -3.56. The van der Waals surface area contributed by atoms with Crippen LogP contribution in [0, 0.1) is 11.8 Å². The van der Waals surface area contributed by atoms with E-state index in [1.807, 2.05) is 24.5 Å². The number of methoxy groups -OCH3 is 1. The fourth-order valence-electron chi connectivity index (χ4n) is 6.44. The molecule has 2 aromatic heterocycles. The molecule has 2 aromatic carbocycles. The van der Waals surface area contributed by atoms with Gasteiger partial charge in [-0.2, -0.15) is 5.21 Å². The summed E-state index contributed by atoms with van der Waals surface area (Å²) >= 11 is 0. The number of hydrogen-bond acceptors (Lipinski definition) is 7. The van der Waals surface area contributed by atoms with Crippen molar-refractivity contribution in [3.05, 3.63) is 66.1 Å². The second kappa shape index (κ2) is 12.3. The van der Waals surface area contributed by atoms with Crippen molar-refractivity contribution in [2.24, 2.45) is 11.8 Å². The van der Waals surface area contributed by atoms with Gasteiger partial charge in [0, 0.05) is 38.9 Å². The molecule has 0 saturated heterocycles. The lowest BCUT2D eigenvalue weighted by Gasteiger charge is -2.39. The zero-order chi connectivity index (χ0) is 27.3. The average Bonchev–Trinajstić information content (AvgIpc) is 3.68. The van der Waals surface area contributed by atoms with Crippen LogP contribution < -0.4 is 4.90 Å². The average molecular weight is 541 g/mol. The highest BCUT2D eigenvalue weighted by atomic mass is 16.5. The van der Waals surface area contributed by atoms with Crippen molar-refractivity contribution in [1.82, 2.24) is 35.1 Å². The van der Waals surface area contributed by atoms with Gasteiger partial charge in [-0.05, 0) is 33.7 Å². The van der Waals surface area contributed by atoms with Gasteiger partial charge in [0.2, 0.25) is 5.82 Å². The zero-order valence-electron chi connectivity index (χ0n) is 23.7. The van der Waals surface area contributed by atoms with Crippen molar-refractivity contribution >= 4 is 5.82 Å². The van der Waals surface area contributed by atoms with Crippen LogP contribution in [0.2, 0.25) is 0 Å². The molecule has 40 heavy (non-hydrogen) atoms. The molecular formula is C31H40N8O. The van der Waals surface area contributed by atoms with E-state index >= 15 is 0 Å². The number of nitrogens with one attached hydrogen (secondary N) is 1. The Morgan fingerprint density at radius 2 is 1.82 bits per heavy atom. The molecule has 1 saturated carbocycles. The third-order valence-electron chi connectivity index (χ3n) is 8.67. The number of anilines is 1. The van der Waals surface area contributed by atoms with Gasteiger partial charge in [-0.25, -0.2) is 4.98 Å². The Balaban J connectivity index is 1.21. The summed E-state index contributed by atoms with van der Waals surface area (Å²) in [6, 6.07) is 17.0. The van der Waals surface area contributed by atoms with Crippen molar-refractivity contribution in [2.45, 2.75) is 52.1 Å². The lowest BCUT2D eigenvalue weighted by Crippen LogP contribution is -2.46. The minimum Gasteiger partial charge on any atom is -0.383 e. The zero-order valence-corrected chi connectivity index (χ0v) is 23.7. The van der Waals surface area contributed by atoms with Gasteiger partial charge in [-0.3, -0.25) is 4.90 Å². The Morgan fingerprint density at radius 1 is 1.02 bits per heavy atom. The number of nitrogens with zero attached hydrogens (tertiary/aromatic N) is 7. The van der Waals surface area contributed by atoms with Crippen molar-refractivity contribution in [2.75, 3.05) is 38.4 Å². The number of H-pyrrole nitrogens is 1. The van der Waals surface area contributed by atoms with Crippen LogP contribution in [0.4, 0.5) is 5.82 Å². The van der Waals surface area contributed by atoms with Crippen LogP contribution in [-0.2, 0) is 17.8 Å². The monoisotopic (exact) mass is 540 g/mol. The van der Waals surface area contributed by atoms with E-state index in [0.29, 0.717) is 11.7 Å². The number of benzene rings is 2. The van der Waals surface area contributed by atoms with E-state index in [4.69, 9.17) is 9.72 Å². The summed E-state index contributed by atoms with van der Waals surface area (Å²) in [6.45, 7) is 7.76. The van der Waals surface area contributed by atoms with Gasteiger partial charge >= 0.3 is 0 Å². The van der Waals surface area contributed by atoms with Crippen LogP contribution >= 0.6 is 0 Å². The maximum Gasteiger partial charge on any atom is 0.205 e. The summed E-state index contributed by atoms with van der Waals surface area (Å²) in [5.74, 6) is 3.26. The molecular weight excluding hydrogens is 500 g/mol. The number of ether oxygens (including phenoxy) is 1. The second-order valence-corrected chi connectivity index (χ2v) is 11.4. The predicted octanol–water partition coefficient (Wildman–Crippen LogP) is 5.22. The minimum absolute atomic E-state index is 0.602. The van der Waals surface area contributed by atoms with Crippen LogP contribution in [0.5, 0.6) is 0 Å². The molecule has 2 aliphatic rings. The molecule has 6 rings (SSSR count). The van der Waals surface area contributed by atoms with Gasteiger partial charge in [0.1, 0.15) is 0 Å². The number of rotatable bonds is 10. The van der Waals surface area contributed by atoms with E-state index in [1.165, 1.54) is 43.4 Å². The lowest BCUT2D eigenvalue weighted by molar-refractivity contribution is 0.136. The van der Waals surface area contributed by atoms with E-state index in [0.717, 1.165) is 67.9 Å². The standard InChI is InChI=1S/C31H40N8O/c1-23(25-8-4-3-5-9-25)18-39-22-37(16-17-40-2)20-29-31(39)32-21-38(29)19-24-12-14-26(15-13-24)27-10-6-7-11-28(27)30-33-35-36-34-30/h6-7,10-15,21,23,25H,3-5,8-9,16-20,22H2,1-2H3,(H,33,34,35,36). The third-order valence-corrected chi connectivity index (χ3v) is 8.67. The number of aromatic amines is 1. The molecule has 1 unspecified atom stereocenters. The molecule has 0 radical (unpaired) electrons. The van der Waals surface area contributed by atoms with Gasteiger partial charge in [-0.1, -0.05) is 87.6 Å². The minimum atomic E-state index is 0.602. The predicted molar refractivity (Wildman–Crippen MR) is 157 cm³/mol. The fraction of sp³-hybridized carbons (Fsp3) is 0.484. The lowest BCUT2D eigenvalue weighted by atomic mass is 9.80. The summed E-state index contributed by atoms with van der Waals surface area (Å²) in [5.41, 5.74) is 5.73. The maximum absolute atomic E-state index is 5.44. The number of imidazole rings is 1. The topological polar surface area (TPSA) is 88.0 Å². The summed E-state index contributed by atoms with van der Waals surface area (Å²) in [5, 5.41) is 14.7. The van der Waals surface area contributed by atoms with Crippen LogP contribution in [-0.4, -0.2) is 68.6 Å². The molecule has 9 nitrogen and oxygen atoms in total. The van der Waals surface area contributed by atoms with Gasteiger partial charge in [0.05, 0.1) is 25.3 Å². The largest absolute Gasteiger partial charge is 0.383 e. The first-order chi connectivity index (χ1) is 19.7. The molecule has 0 bridgehead atoms. The Labute approximate surface area is 236 Å². The molecule has 1 aliphatic carbocycles. The molecule has 4 aromatic rings. The molecule has 9 heteroatoms. The van der Waals surface area contributed by atoms with Crippen LogP contribution in [0.3, 0.4) is 0 Å². The molecule has 210 valence electrons. The molecule has 0 amide bonds. The highest BCUT2D eigenvalue weighted by molar-refractivity contribution is 5.80. The smallest absolute Gasteiger partial charge is 0.205 e. The first-order valence-electron chi connectivity index (χ1n) is 14.6. The maximum atomic E-state index is 5.44. The Kier molecular flexibility index (Phi) is 8.20. The van der Waals surface area contributed by atoms with Gasteiger partial charge in [-0.15, -0.1) is 10.2 Å². The highest BCUT2D eigenvalue weighted by Gasteiger charge is 2.30. The van der Waals surface area contributed by atoms with E-state index in [2.05, 4.69) is 72.2 Å². The molecule has 3 heterocycles. The molecule has 0 spiro atoms. The van der Waals surface area contributed by atoms with E-state index in [-0.39, 0.29) is 0 Å². The van der Waals surface area contributed by atoms with Gasteiger partial charge in [0.25, 0.3) is 0 Å². The third kappa shape index (κ3) is 5.81. The summed E-state index contributed by atoms with van der Waals surface area (Å²) in [6.07, 6.45) is 8.95. The van der Waals surface area contributed by atoms with Crippen LogP contribution in [0.1, 0.15) is 50.3 Å². The first kappa shape index (κ1) is 26.7. The molecule has 1 fully saturated rings. The quantitative estimate of drug-likeness (QED) is 0.295. The van der Waals surface area contributed by atoms with Crippen molar-refractivity contribution < 1.29 is 4.74 Å². The summed E-state index contributed by atoms with van der Waals surface area (Å²) in [7, 11) is 1.78. The normalized spacial score (nSPS) is 17.2. The summed E-state index contributed by atoms with van der Waals surface area (Å²) < 4.78 is 7.76. The SMILES string of the molecule is COCCN1Cc2c(ncn2Cc2ccc(-c3ccccc3-c3nn[nH]n3)cc2)N(CC(C)C2CCCCC2)C1. The summed E-state index contributed by atoms with van der Waals surface area (Å²) in [4.78, 5) is 9.97. The number of aromatic nitrogens is 6. The fourth-order valence-corrected chi connectivity index (χ4v) is 6.44. The van der Waals surface area contributed by atoms with Crippen LogP contribution in [0.25, 0.3) is 22.5 Å². The van der Waals surface area contributed by atoms with Crippen molar-refractivity contribution in [3.8, 4) is 22.5 Å². The molecule has 1 atom stereocenters. The number of tetrazole rings is 1. The molecule has 1 aliphatic heterocycles. The number of hydrogen-bond donors (Lipinski definition) is 1. The Morgan fingerprint density at radius 3 is 2.58 bits per heavy atom. The van der Waals surface area contributed by atoms with Gasteiger partial charge < -0.3 is 14.2 Å². The number of fused-ring (bicyclic) bond motifs is 1. The van der Waals surface area contributed by atoms with E-state index in [1.54, 1.807) is 7.11 Å². The van der Waals surface area contributed by atoms with Gasteiger partial charge in [0.15, 0.2) is 5.82 Å². The highest BCUT2D eigenvalue weighted by Crippen LogP contribution is 2.34. The molecule has 1 N–H and O–H groups in total. The second-order valence-electron chi connectivity index (χ2n) is 11.4. The van der Waals surface area contributed by atoms with E-state index in [9.17, 15) is 0 Å². The first-order valence-corrected chi connectivity index (χ1v) is 14.6. The van der Waals surface area contributed by atoms with Crippen molar-refractivity contribution in [3.63, 3.8) is 0 Å². The van der Waals surface area contributed by atoms with Crippen molar-refractivity contribution in [1.29, 1.82) is 0 Å². The Bertz CT molecular complexity index is 1360. The van der Waals surface area contributed by atoms with E-state index < -0.39 is 0 Å². The van der Waals surface area contributed by atoms with Crippen LogP contribution in [0.15, 0.2) is 54.9 Å².